The smallest absolute Gasteiger partial charge is 0.259 e. The summed E-state index contributed by atoms with van der Waals surface area (Å²) in [6.07, 6.45) is 0. The third kappa shape index (κ3) is 2.65. The molecule has 1 aromatic carbocycles. The summed E-state index contributed by atoms with van der Waals surface area (Å²) in [6, 6.07) is 6.54. The molecule has 1 amide bonds. The second-order valence-electron chi connectivity index (χ2n) is 3.04. The summed E-state index contributed by atoms with van der Waals surface area (Å²) >= 11 is 0. The van der Waals surface area contributed by atoms with Crippen molar-refractivity contribution in [3.63, 3.8) is 0 Å². The molecule has 0 aromatic heterocycles. The highest BCUT2D eigenvalue weighted by atomic mass is 16.5. The van der Waals surface area contributed by atoms with Crippen LogP contribution in [-0.2, 0) is 4.79 Å². The Morgan fingerprint density at radius 3 is 2.64 bits per heavy atom. The third-order valence-electron chi connectivity index (χ3n) is 1.72. The molecule has 0 aliphatic carbocycles. The Morgan fingerprint density at radius 2 is 2.07 bits per heavy atom. The number of ether oxygens (including phenoxy) is 1. The number of likely N-dealkylation sites (N-methyl/N-ethyl adjacent to an activating group) is 1. The molecule has 14 heavy (non-hydrogen) atoms. The first-order valence-corrected chi connectivity index (χ1v) is 4.22. The number of amides is 1. The summed E-state index contributed by atoms with van der Waals surface area (Å²) in [4.78, 5) is 12.6. The van der Waals surface area contributed by atoms with E-state index in [0.717, 1.165) is 0 Å². The van der Waals surface area contributed by atoms with Gasteiger partial charge >= 0.3 is 0 Å². The average Bonchev–Trinajstić information content (AvgIpc) is 2.16. The van der Waals surface area contributed by atoms with Gasteiger partial charge in [0.15, 0.2) is 18.1 Å². The van der Waals surface area contributed by atoms with Gasteiger partial charge in [-0.15, -0.1) is 0 Å². The van der Waals surface area contributed by atoms with Crippen LogP contribution in [0.3, 0.4) is 0 Å². The monoisotopic (exact) mass is 195 g/mol. The van der Waals surface area contributed by atoms with Gasteiger partial charge in [-0.2, -0.15) is 0 Å². The molecule has 1 N–H and O–H groups in total. The number of carbonyl (C=O) groups excluding carboxylic acids is 1. The van der Waals surface area contributed by atoms with Crippen molar-refractivity contribution in [2.24, 2.45) is 0 Å². The number of phenols is 1. The van der Waals surface area contributed by atoms with Gasteiger partial charge in [-0.05, 0) is 12.1 Å². The number of aromatic hydroxyl groups is 1. The molecule has 0 aliphatic heterocycles. The summed E-state index contributed by atoms with van der Waals surface area (Å²) in [5, 5.41) is 9.31. The molecule has 0 fully saturated rings. The topological polar surface area (TPSA) is 49.8 Å². The van der Waals surface area contributed by atoms with Crippen molar-refractivity contribution in [2.75, 3.05) is 20.7 Å². The van der Waals surface area contributed by atoms with Crippen LogP contribution in [0.15, 0.2) is 24.3 Å². The van der Waals surface area contributed by atoms with Crippen molar-refractivity contribution in [1.82, 2.24) is 4.90 Å². The van der Waals surface area contributed by atoms with Crippen LogP contribution in [0.25, 0.3) is 0 Å². The van der Waals surface area contributed by atoms with Crippen molar-refractivity contribution in [2.45, 2.75) is 0 Å². The van der Waals surface area contributed by atoms with Crippen LogP contribution in [0.4, 0.5) is 0 Å². The minimum Gasteiger partial charge on any atom is -0.504 e. The fourth-order valence-corrected chi connectivity index (χ4v) is 0.848. The number of phenolic OH excluding ortho intramolecular Hbond substituents is 1. The molecular formula is C10H13NO3. The molecule has 76 valence electrons. The molecule has 0 spiro atoms. The van der Waals surface area contributed by atoms with E-state index in [1.807, 2.05) is 0 Å². The van der Waals surface area contributed by atoms with Gasteiger partial charge in [0, 0.05) is 14.1 Å². The van der Waals surface area contributed by atoms with Gasteiger partial charge in [-0.3, -0.25) is 4.79 Å². The molecule has 1 aromatic rings. The van der Waals surface area contributed by atoms with E-state index in [4.69, 9.17) is 4.74 Å². The van der Waals surface area contributed by atoms with E-state index >= 15 is 0 Å². The molecule has 4 heteroatoms. The maximum atomic E-state index is 11.1. The minimum absolute atomic E-state index is 0.0408. The van der Waals surface area contributed by atoms with Crippen molar-refractivity contribution in [1.29, 1.82) is 0 Å². The molecule has 0 heterocycles. The maximum Gasteiger partial charge on any atom is 0.259 e. The van der Waals surface area contributed by atoms with Gasteiger partial charge in [0.2, 0.25) is 0 Å². The molecule has 0 radical (unpaired) electrons. The van der Waals surface area contributed by atoms with Crippen molar-refractivity contribution in [3.05, 3.63) is 24.3 Å². The number of para-hydroxylation sites is 2. The van der Waals surface area contributed by atoms with Crippen LogP contribution in [0, 0.1) is 0 Å². The highest BCUT2D eigenvalue weighted by Gasteiger charge is 2.06. The lowest BCUT2D eigenvalue weighted by Crippen LogP contribution is -2.27. The lowest BCUT2D eigenvalue weighted by Gasteiger charge is -2.11. The average molecular weight is 195 g/mol. The van der Waals surface area contributed by atoms with Crippen LogP contribution in [0.2, 0.25) is 0 Å². The first kappa shape index (κ1) is 10.4. The van der Waals surface area contributed by atoms with Gasteiger partial charge in [-0.25, -0.2) is 0 Å². The lowest BCUT2D eigenvalue weighted by atomic mass is 10.3. The first-order chi connectivity index (χ1) is 6.61. The predicted octanol–water partition coefficient (Wildman–Crippen LogP) is 0.859. The summed E-state index contributed by atoms with van der Waals surface area (Å²) in [7, 11) is 3.30. The van der Waals surface area contributed by atoms with Crippen LogP contribution < -0.4 is 4.74 Å². The first-order valence-electron chi connectivity index (χ1n) is 4.22. The number of hydrogen-bond acceptors (Lipinski definition) is 3. The molecule has 0 unspecified atom stereocenters. The fraction of sp³-hybridized carbons (Fsp3) is 0.300. The zero-order valence-electron chi connectivity index (χ0n) is 8.23. The second kappa shape index (κ2) is 4.50. The van der Waals surface area contributed by atoms with Gasteiger partial charge in [0.1, 0.15) is 0 Å². The molecule has 0 saturated carbocycles. The quantitative estimate of drug-likeness (QED) is 0.778. The normalized spacial score (nSPS) is 9.57. The summed E-state index contributed by atoms with van der Waals surface area (Å²) in [6.45, 7) is -0.0649. The van der Waals surface area contributed by atoms with Crippen LogP contribution in [0.1, 0.15) is 0 Å². The summed E-state index contributed by atoms with van der Waals surface area (Å²) < 4.78 is 5.12. The molecule has 1 rings (SSSR count). The number of nitrogens with zero attached hydrogens (tertiary/aromatic N) is 1. The van der Waals surface area contributed by atoms with E-state index in [1.54, 1.807) is 32.3 Å². The number of hydrogen-bond donors (Lipinski definition) is 1. The SMILES string of the molecule is CN(C)C(=O)COc1ccccc1O. The molecule has 4 nitrogen and oxygen atoms in total. The van der Waals surface area contributed by atoms with Crippen LogP contribution >= 0.6 is 0 Å². The molecule has 0 bridgehead atoms. The highest BCUT2D eigenvalue weighted by Crippen LogP contribution is 2.23. The fourth-order valence-electron chi connectivity index (χ4n) is 0.848. The standard InChI is InChI=1S/C10H13NO3/c1-11(2)10(13)7-14-9-6-4-3-5-8(9)12/h3-6,12H,7H2,1-2H3. The highest BCUT2D eigenvalue weighted by molar-refractivity contribution is 5.77. The van der Waals surface area contributed by atoms with E-state index in [1.165, 1.54) is 11.0 Å². The Kier molecular flexibility index (Phi) is 3.34. The summed E-state index contributed by atoms with van der Waals surface area (Å²) in [5.41, 5.74) is 0. The van der Waals surface area contributed by atoms with E-state index in [9.17, 15) is 9.90 Å². The Balaban J connectivity index is 2.54. The van der Waals surface area contributed by atoms with Crippen molar-refractivity contribution < 1.29 is 14.6 Å². The van der Waals surface area contributed by atoms with Crippen LogP contribution in [0.5, 0.6) is 11.5 Å². The Bertz CT molecular complexity index is 323. The zero-order chi connectivity index (χ0) is 10.6. The number of carbonyl (C=O) groups is 1. The maximum absolute atomic E-state index is 11.1. The van der Waals surface area contributed by atoms with E-state index in [2.05, 4.69) is 0 Å². The van der Waals surface area contributed by atoms with Gasteiger partial charge in [0.05, 0.1) is 0 Å². The van der Waals surface area contributed by atoms with Crippen molar-refractivity contribution >= 4 is 5.91 Å². The van der Waals surface area contributed by atoms with Gasteiger partial charge in [0.25, 0.3) is 5.91 Å². The van der Waals surface area contributed by atoms with Crippen LogP contribution in [-0.4, -0.2) is 36.6 Å². The second-order valence-corrected chi connectivity index (χ2v) is 3.04. The van der Waals surface area contributed by atoms with Gasteiger partial charge in [-0.1, -0.05) is 12.1 Å². The molecule has 0 atom stereocenters. The van der Waals surface area contributed by atoms with E-state index < -0.39 is 0 Å². The van der Waals surface area contributed by atoms with E-state index in [-0.39, 0.29) is 18.3 Å². The Morgan fingerprint density at radius 1 is 1.43 bits per heavy atom. The molecule has 0 aliphatic rings. The molecule has 0 saturated heterocycles. The minimum atomic E-state index is -0.145. The Labute approximate surface area is 82.7 Å². The zero-order valence-corrected chi connectivity index (χ0v) is 8.23. The Hall–Kier alpha value is -1.71. The lowest BCUT2D eigenvalue weighted by molar-refractivity contribution is -0.130. The van der Waals surface area contributed by atoms with E-state index in [0.29, 0.717) is 5.75 Å². The summed E-state index contributed by atoms with van der Waals surface area (Å²) in [5.74, 6) is 0.218. The third-order valence-corrected chi connectivity index (χ3v) is 1.72. The predicted molar refractivity (Wildman–Crippen MR) is 52.3 cm³/mol. The van der Waals surface area contributed by atoms with Crippen molar-refractivity contribution in [3.8, 4) is 11.5 Å². The number of rotatable bonds is 3. The van der Waals surface area contributed by atoms with Gasteiger partial charge < -0.3 is 14.7 Å². The number of benzene rings is 1. The largest absolute Gasteiger partial charge is 0.504 e. The molecular weight excluding hydrogens is 182 g/mol.